The minimum atomic E-state index is -3.13. The summed E-state index contributed by atoms with van der Waals surface area (Å²) in [5, 5.41) is 0.123. The van der Waals surface area contributed by atoms with Crippen LogP contribution in [0.3, 0.4) is 0 Å². The van der Waals surface area contributed by atoms with Crippen LogP contribution in [0, 0.1) is 3.57 Å². The van der Waals surface area contributed by atoms with Crippen molar-refractivity contribution in [1.29, 1.82) is 0 Å². The lowest BCUT2D eigenvalue weighted by atomic mass is 10.5. The van der Waals surface area contributed by atoms with E-state index in [0.29, 0.717) is 0 Å². The molecule has 0 aliphatic carbocycles. The molecule has 0 spiro atoms. The molecule has 0 aliphatic heterocycles. The molecule has 0 saturated carbocycles. The molecule has 0 bridgehead atoms. The highest BCUT2D eigenvalue weighted by molar-refractivity contribution is 14.1. The van der Waals surface area contributed by atoms with Crippen molar-refractivity contribution >= 4 is 32.4 Å². The Bertz CT molecular complexity index is 343. The smallest absolute Gasteiger partial charge is 0.192 e. The van der Waals surface area contributed by atoms with Crippen LogP contribution in [-0.2, 0) is 9.84 Å². The SMILES string of the molecule is CS(=O)(=O)c1ccc(I)cn1. The predicted molar refractivity (Wildman–Crippen MR) is 50.1 cm³/mol. The molecule has 0 saturated heterocycles. The molecule has 11 heavy (non-hydrogen) atoms. The van der Waals surface area contributed by atoms with Gasteiger partial charge in [0, 0.05) is 16.0 Å². The van der Waals surface area contributed by atoms with Crippen molar-refractivity contribution in [2.24, 2.45) is 0 Å². The van der Waals surface area contributed by atoms with Crippen LogP contribution >= 0.6 is 22.6 Å². The van der Waals surface area contributed by atoms with Crippen molar-refractivity contribution in [2.75, 3.05) is 6.26 Å². The number of sulfone groups is 1. The van der Waals surface area contributed by atoms with E-state index in [1.807, 2.05) is 0 Å². The van der Waals surface area contributed by atoms with Crippen LogP contribution in [0.25, 0.3) is 0 Å². The Hall–Kier alpha value is -0.170. The number of pyridine rings is 1. The average Bonchev–Trinajstić information content (AvgIpc) is 1.86. The molecule has 1 rings (SSSR count). The Kier molecular flexibility index (Phi) is 2.48. The van der Waals surface area contributed by atoms with Gasteiger partial charge in [-0.05, 0) is 34.7 Å². The van der Waals surface area contributed by atoms with Gasteiger partial charge in [0.1, 0.15) is 0 Å². The maximum absolute atomic E-state index is 10.9. The molecular weight excluding hydrogens is 277 g/mol. The Balaban J connectivity index is 3.20. The van der Waals surface area contributed by atoms with Gasteiger partial charge in [0.2, 0.25) is 0 Å². The fraction of sp³-hybridized carbons (Fsp3) is 0.167. The molecule has 0 radical (unpaired) electrons. The molecule has 1 aromatic rings. The zero-order valence-corrected chi connectivity index (χ0v) is 8.76. The van der Waals surface area contributed by atoms with E-state index in [0.717, 1.165) is 9.83 Å². The molecule has 0 N–H and O–H groups in total. The molecule has 0 aliphatic rings. The zero-order chi connectivity index (χ0) is 8.48. The van der Waals surface area contributed by atoms with Gasteiger partial charge in [0.05, 0.1) is 0 Å². The summed E-state index contributed by atoms with van der Waals surface area (Å²) >= 11 is 2.07. The van der Waals surface area contributed by atoms with Crippen molar-refractivity contribution < 1.29 is 8.42 Å². The summed E-state index contributed by atoms with van der Waals surface area (Å²) in [6.45, 7) is 0. The maximum atomic E-state index is 10.9. The molecular formula is C6H6INO2S. The Morgan fingerprint density at radius 3 is 2.45 bits per heavy atom. The molecule has 3 nitrogen and oxygen atoms in total. The second-order valence-electron chi connectivity index (χ2n) is 2.09. The third kappa shape index (κ3) is 2.41. The van der Waals surface area contributed by atoms with E-state index in [9.17, 15) is 8.42 Å². The summed E-state index contributed by atoms with van der Waals surface area (Å²) in [5.74, 6) is 0. The second kappa shape index (κ2) is 3.06. The van der Waals surface area contributed by atoms with E-state index >= 15 is 0 Å². The van der Waals surface area contributed by atoms with Crippen LogP contribution in [0.1, 0.15) is 0 Å². The summed E-state index contributed by atoms with van der Waals surface area (Å²) < 4.78 is 22.7. The standard InChI is InChI=1S/C6H6INO2S/c1-11(9,10)6-3-2-5(7)4-8-6/h2-4H,1H3. The minimum Gasteiger partial charge on any atom is -0.244 e. The first-order valence-electron chi connectivity index (χ1n) is 2.82. The van der Waals surface area contributed by atoms with Gasteiger partial charge in [0.15, 0.2) is 14.9 Å². The van der Waals surface area contributed by atoms with Gasteiger partial charge in [-0.3, -0.25) is 0 Å². The summed E-state index contributed by atoms with van der Waals surface area (Å²) in [5.41, 5.74) is 0. The second-order valence-corrected chi connectivity index (χ2v) is 5.30. The van der Waals surface area contributed by atoms with Crippen LogP contribution in [0.4, 0.5) is 0 Å². The summed E-state index contributed by atoms with van der Waals surface area (Å²) in [4.78, 5) is 3.75. The third-order valence-corrected chi connectivity index (χ3v) is 2.72. The summed E-state index contributed by atoms with van der Waals surface area (Å²) in [7, 11) is -3.13. The number of hydrogen-bond donors (Lipinski definition) is 0. The van der Waals surface area contributed by atoms with Gasteiger partial charge < -0.3 is 0 Å². The number of aromatic nitrogens is 1. The van der Waals surface area contributed by atoms with E-state index < -0.39 is 9.84 Å². The monoisotopic (exact) mass is 283 g/mol. The number of hydrogen-bond acceptors (Lipinski definition) is 3. The zero-order valence-electron chi connectivity index (χ0n) is 5.78. The number of rotatable bonds is 1. The van der Waals surface area contributed by atoms with Crippen molar-refractivity contribution in [3.05, 3.63) is 21.9 Å². The van der Waals surface area contributed by atoms with Gasteiger partial charge in [-0.2, -0.15) is 0 Å². The van der Waals surface area contributed by atoms with Crippen molar-refractivity contribution in [2.45, 2.75) is 5.03 Å². The molecule has 0 atom stereocenters. The van der Waals surface area contributed by atoms with Crippen LogP contribution in [0.5, 0.6) is 0 Å². The molecule has 5 heteroatoms. The van der Waals surface area contributed by atoms with E-state index in [-0.39, 0.29) is 5.03 Å². The lowest BCUT2D eigenvalue weighted by Crippen LogP contribution is -1.99. The molecule has 0 amide bonds. The number of halogens is 1. The van der Waals surface area contributed by atoms with E-state index in [1.54, 1.807) is 6.07 Å². The van der Waals surface area contributed by atoms with Gasteiger partial charge in [-0.1, -0.05) is 0 Å². The van der Waals surface area contributed by atoms with Crippen LogP contribution in [0.15, 0.2) is 23.4 Å². The van der Waals surface area contributed by atoms with E-state index in [2.05, 4.69) is 27.6 Å². The molecule has 1 aromatic heterocycles. The molecule has 0 fully saturated rings. The van der Waals surface area contributed by atoms with Gasteiger partial charge in [-0.25, -0.2) is 13.4 Å². The van der Waals surface area contributed by atoms with E-state index in [1.165, 1.54) is 12.3 Å². The first kappa shape index (κ1) is 8.92. The number of nitrogens with zero attached hydrogens (tertiary/aromatic N) is 1. The minimum absolute atomic E-state index is 0.123. The fourth-order valence-corrected chi connectivity index (χ4v) is 1.46. The molecule has 60 valence electrons. The Morgan fingerprint density at radius 2 is 2.09 bits per heavy atom. The highest BCUT2D eigenvalue weighted by Gasteiger charge is 2.06. The van der Waals surface area contributed by atoms with Crippen LogP contribution in [0.2, 0.25) is 0 Å². The van der Waals surface area contributed by atoms with Gasteiger partial charge >= 0.3 is 0 Å². The molecule has 1 heterocycles. The molecule has 0 aromatic carbocycles. The highest BCUT2D eigenvalue weighted by Crippen LogP contribution is 2.07. The van der Waals surface area contributed by atoms with Crippen molar-refractivity contribution in [3.8, 4) is 0 Å². The summed E-state index contributed by atoms with van der Waals surface area (Å²) in [6, 6.07) is 3.21. The highest BCUT2D eigenvalue weighted by atomic mass is 127. The quantitative estimate of drug-likeness (QED) is 0.725. The fourth-order valence-electron chi connectivity index (χ4n) is 0.582. The predicted octanol–water partition coefficient (Wildman–Crippen LogP) is 1.09. The van der Waals surface area contributed by atoms with E-state index in [4.69, 9.17) is 0 Å². The Morgan fingerprint density at radius 1 is 1.45 bits per heavy atom. The largest absolute Gasteiger partial charge is 0.244 e. The normalized spacial score (nSPS) is 11.5. The first-order chi connectivity index (χ1) is 5.00. The topological polar surface area (TPSA) is 47.0 Å². The molecule has 0 unspecified atom stereocenters. The average molecular weight is 283 g/mol. The lowest BCUT2D eigenvalue weighted by molar-refractivity contribution is 0.598. The Labute approximate surface area is 78.9 Å². The van der Waals surface area contributed by atoms with Crippen LogP contribution < -0.4 is 0 Å². The van der Waals surface area contributed by atoms with Gasteiger partial charge in [-0.15, -0.1) is 0 Å². The first-order valence-corrected chi connectivity index (χ1v) is 5.79. The van der Waals surface area contributed by atoms with Crippen molar-refractivity contribution in [1.82, 2.24) is 4.98 Å². The van der Waals surface area contributed by atoms with Crippen LogP contribution in [-0.4, -0.2) is 19.7 Å². The van der Waals surface area contributed by atoms with Gasteiger partial charge in [0.25, 0.3) is 0 Å². The van der Waals surface area contributed by atoms with Crippen molar-refractivity contribution in [3.63, 3.8) is 0 Å². The summed E-state index contributed by atoms with van der Waals surface area (Å²) in [6.07, 6.45) is 2.67. The lowest BCUT2D eigenvalue weighted by Gasteiger charge is -1.94. The maximum Gasteiger partial charge on any atom is 0.192 e. The third-order valence-electron chi connectivity index (χ3n) is 1.08.